The van der Waals surface area contributed by atoms with Crippen molar-refractivity contribution >= 4 is 5.78 Å². The molecule has 0 aliphatic rings. The molecular weight excluding hydrogens is 212 g/mol. The van der Waals surface area contributed by atoms with Gasteiger partial charge in [-0.1, -0.05) is 6.07 Å². The summed E-state index contributed by atoms with van der Waals surface area (Å²) in [6.07, 6.45) is 1.66. The molecule has 0 bridgehead atoms. The van der Waals surface area contributed by atoms with Crippen LogP contribution in [-0.2, 0) is 0 Å². The van der Waals surface area contributed by atoms with Gasteiger partial charge in [0.15, 0.2) is 0 Å². The van der Waals surface area contributed by atoms with Gasteiger partial charge in [0.1, 0.15) is 5.69 Å². The highest BCUT2D eigenvalue weighted by Gasteiger charge is 2.09. The molecule has 3 heteroatoms. The monoisotopic (exact) mass is 222 g/mol. The number of carbonyl (C=O) groups excluding carboxylic acids is 1. The third-order valence-electron chi connectivity index (χ3n) is 2.42. The van der Waals surface area contributed by atoms with Gasteiger partial charge in [0, 0.05) is 11.8 Å². The van der Waals surface area contributed by atoms with Crippen LogP contribution in [0.25, 0.3) is 0 Å². The SMILES string of the molecule is Cc1ccc(C(=O)c2ccc(C#N)cc2)nc1. The number of ketones is 1. The van der Waals surface area contributed by atoms with Gasteiger partial charge in [-0.2, -0.15) is 5.26 Å². The number of aryl methyl sites for hydroxylation is 1. The van der Waals surface area contributed by atoms with E-state index < -0.39 is 0 Å². The normalized spacial score (nSPS) is 9.65. The van der Waals surface area contributed by atoms with Crippen LogP contribution >= 0.6 is 0 Å². The second kappa shape index (κ2) is 4.58. The van der Waals surface area contributed by atoms with Crippen molar-refractivity contribution in [3.05, 3.63) is 65.0 Å². The second-order valence-electron chi connectivity index (χ2n) is 3.74. The number of aromatic nitrogens is 1. The van der Waals surface area contributed by atoms with E-state index >= 15 is 0 Å². The summed E-state index contributed by atoms with van der Waals surface area (Å²) < 4.78 is 0. The third-order valence-corrected chi connectivity index (χ3v) is 2.42. The molecule has 3 nitrogen and oxygen atoms in total. The molecule has 0 saturated carbocycles. The van der Waals surface area contributed by atoms with Crippen molar-refractivity contribution in [1.29, 1.82) is 5.26 Å². The third kappa shape index (κ3) is 2.37. The van der Waals surface area contributed by atoms with Crippen LogP contribution in [0.2, 0.25) is 0 Å². The molecule has 2 rings (SSSR count). The zero-order valence-electron chi connectivity index (χ0n) is 9.34. The summed E-state index contributed by atoms with van der Waals surface area (Å²) in [5, 5.41) is 8.67. The standard InChI is InChI=1S/C14H10N2O/c1-10-2-7-13(16-9-10)14(17)12-5-3-11(8-15)4-6-12/h2-7,9H,1H3. The summed E-state index contributed by atoms with van der Waals surface area (Å²) in [6.45, 7) is 1.92. The Bertz CT molecular complexity index is 577. The van der Waals surface area contributed by atoms with Gasteiger partial charge in [0.25, 0.3) is 0 Å². The van der Waals surface area contributed by atoms with Gasteiger partial charge >= 0.3 is 0 Å². The largest absolute Gasteiger partial charge is 0.287 e. The van der Waals surface area contributed by atoms with Crippen LogP contribution in [-0.4, -0.2) is 10.8 Å². The molecule has 1 aromatic carbocycles. The molecule has 2 aromatic rings. The topological polar surface area (TPSA) is 53.8 Å². The molecule has 0 atom stereocenters. The van der Waals surface area contributed by atoms with Crippen molar-refractivity contribution in [2.45, 2.75) is 6.92 Å². The molecule has 0 N–H and O–H groups in total. The van der Waals surface area contributed by atoms with E-state index in [1.165, 1.54) is 0 Å². The number of hydrogen-bond donors (Lipinski definition) is 0. The summed E-state index contributed by atoms with van der Waals surface area (Å²) in [4.78, 5) is 16.1. The number of carbonyl (C=O) groups is 1. The maximum atomic E-state index is 12.0. The van der Waals surface area contributed by atoms with Gasteiger partial charge in [-0.3, -0.25) is 9.78 Å². The Kier molecular flexibility index (Phi) is 2.97. The molecule has 0 fully saturated rings. The Morgan fingerprint density at radius 2 is 1.88 bits per heavy atom. The zero-order chi connectivity index (χ0) is 12.3. The second-order valence-corrected chi connectivity index (χ2v) is 3.74. The average molecular weight is 222 g/mol. The van der Waals surface area contributed by atoms with Gasteiger partial charge in [0.2, 0.25) is 5.78 Å². The van der Waals surface area contributed by atoms with Gasteiger partial charge < -0.3 is 0 Å². The fourth-order valence-corrected chi connectivity index (χ4v) is 1.45. The highest BCUT2D eigenvalue weighted by Crippen LogP contribution is 2.09. The lowest BCUT2D eigenvalue weighted by atomic mass is 10.1. The number of hydrogen-bond acceptors (Lipinski definition) is 3. The minimum absolute atomic E-state index is 0.130. The lowest BCUT2D eigenvalue weighted by molar-refractivity contribution is 0.103. The molecule has 1 aromatic heterocycles. The van der Waals surface area contributed by atoms with E-state index in [9.17, 15) is 4.79 Å². The van der Waals surface area contributed by atoms with Crippen molar-refractivity contribution < 1.29 is 4.79 Å². The first kappa shape index (κ1) is 11.0. The van der Waals surface area contributed by atoms with E-state index in [1.807, 2.05) is 19.1 Å². The first-order chi connectivity index (χ1) is 8.20. The Morgan fingerprint density at radius 1 is 1.18 bits per heavy atom. The fraction of sp³-hybridized carbons (Fsp3) is 0.0714. The van der Waals surface area contributed by atoms with Crippen LogP contribution in [0.1, 0.15) is 27.2 Å². The Balaban J connectivity index is 2.31. The summed E-state index contributed by atoms with van der Waals surface area (Å²) in [6, 6.07) is 12.1. The van der Waals surface area contributed by atoms with Gasteiger partial charge in [-0.05, 0) is 42.8 Å². The average Bonchev–Trinajstić information content (AvgIpc) is 2.39. The molecule has 17 heavy (non-hydrogen) atoms. The van der Waals surface area contributed by atoms with E-state index in [0.29, 0.717) is 16.8 Å². The van der Waals surface area contributed by atoms with Crippen LogP contribution in [0.4, 0.5) is 0 Å². The summed E-state index contributed by atoms with van der Waals surface area (Å²) in [5.74, 6) is -0.130. The lowest BCUT2D eigenvalue weighted by Crippen LogP contribution is -2.03. The van der Waals surface area contributed by atoms with Crippen LogP contribution in [0, 0.1) is 18.3 Å². The number of nitrogens with zero attached hydrogens (tertiary/aromatic N) is 2. The molecule has 1 heterocycles. The van der Waals surface area contributed by atoms with Crippen LogP contribution in [0.5, 0.6) is 0 Å². The van der Waals surface area contributed by atoms with Crippen LogP contribution < -0.4 is 0 Å². The number of rotatable bonds is 2. The molecule has 0 unspecified atom stereocenters. The fourth-order valence-electron chi connectivity index (χ4n) is 1.45. The maximum absolute atomic E-state index is 12.0. The van der Waals surface area contributed by atoms with Crippen molar-refractivity contribution in [3.63, 3.8) is 0 Å². The summed E-state index contributed by atoms with van der Waals surface area (Å²) in [7, 11) is 0. The Morgan fingerprint density at radius 3 is 2.41 bits per heavy atom. The van der Waals surface area contributed by atoms with E-state index in [1.54, 1.807) is 36.5 Å². The maximum Gasteiger partial charge on any atom is 0.211 e. The molecule has 0 spiro atoms. The van der Waals surface area contributed by atoms with E-state index in [2.05, 4.69) is 4.98 Å². The first-order valence-corrected chi connectivity index (χ1v) is 5.18. The summed E-state index contributed by atoms with van der Waals surface area (Å²) >= 11 is 0. The predicted molar refractivity (Wildman–Crippen MR) is 63.6 cm³/mol. The van der Waals surface area contributed by atoms with E-state index in [4.69, 9.17) is 5.26 Å². The Hall–Kier alpha value is -2.47. The molecular formula is C14H10N2O. The van der Waals surface area contributed by atoms with Crippen LogP contribution in [0.3, 0.4) is 0 Å². The van der Waals surface area contributed by atoms with Gasteiger partial charge in [0.05, 0.1) is 11.6 Å². The van der Waals surface area contributed by atoms with Gasteiger partial charge in [-0.15, -0.1) is 0 Å². The van der Waals surface area contributed by atoms with E-state index in [0.717, 1.165) is 5.56 Å². The number of benzene rings is 1. The minimum Gasteiger partial charge on any atom is -0.287 e. The Labute approximate surface area is 99.4 Å². The minimum atomic E-state index is -0.130. The van der Waals surface area contributed by atoms with E-state index in [-0.39, 0.29) is 5.78 Å². The van der Waals surface area contributed by atoms with Crippen molar-refractivity contribution in [2.75, 3.05) is 0 Å². The highest BCUT2D eigenvalue weighted by molar-refractivity contribution is 6.07. The zero-order valence-corrected chi connectivity index (χ0v) is 9.34. The van der Waals surface area contributed by atoms with Crippen molar-refractivity contribution in [1.82, 2.24) is 4.98 Å². The molecule has 0 saturated heterocycles. The summed E-state index contributed by atoms with van der Waals surface area (Å²) in [5.41, 5.74) is 2.51. The van der Waals surface area contributed by atoms with Crippen LogP contribution in [0.15, 0.2) is 42.6 Å². The quantitative estimate of drug-likeness (QED) is 0.733. The predicted octanol–water partition coefficient (Wildman–Crippen LogP) is 2.49. The highest BCUT2D eigenvalue weighted by atomic mass is 16.1. The smallest absolute Gasteiger partial charge is 0.211 e. The molecule has 0 amide bonds. The molecule has 0 radical (unpaired) electrons. The first-order valence-electron chi connectivity index (χ1n) is 5.18. The molecule has 0 aliphatic heterocycles. The lowest BCUT2D eigenvalue weighted by Gasteiger charge is -2.00. The number of pyridine rings is 1. The van der Waals surface area contributed by atoms with Crippen molar-refractivity contribution in [3.8, 4) is 6.07 Å². The molecule has 82 valence electrons. The molecule has 0 aliphatic carbocycles. The van der Waals surface area contributed by atoms with Crippen molar-refractivity contribution in [2.24, 2.45) is 0 Å². The number of nitriles is 1. The van der Waals surface area contributed by atoms with Gasteiger partial charge in [-0.25, -0.2) is 0 Å².